The van der Waals surface area contributed by atoms with Gasteiger partial charge in [0.05, 0.1) is 19.1 Å². The SMILES string of the molecule is COc1ccc(NC(=O)c2ccc(NC(=O)[C@@H]3CC(=O)N([C@H](C)c4ccccc4)C3)cc2)cc1. The van der Waals surface area contributed by atoms with E-state index < -0.39 is 5.92 Å². The molecule has 0 saturated carbocycles. The van der Waals surface area contributed by atoms with E-state index in [2.05, 4.69) is 10.6 Å². The Morgan fingerprint density at radius 2 is 1.53 bits per heavy atom. The van der Waals surface area contributed by atoms with Gasteiger partial charge in [0.2, 0.25) is 11.8 Å². The van der Waals surface area contributed by atoms with Crippen molar-refractivity contribution in [3.05, 3.63) is 90.0 Å². The molecule has 0 spiro atoms. The van der Waals surface area contributed by atoms with Crippen molar-refractivity contribution in [3.8, 4) is 5.75 Å². The second-order valence-electron chi connectivity index (χ2n) is 8.28. The summed E-state index contributed by atoms with van der Waals surface area (Å²) in [5.74, 6) is -0.194. The van der Waals surface area contributed by atoms with Crippen LogP contribution in [-0.4, -0.2) is 36.3 Å². The molecule has 1 fully saturated rings. The van der Waals surface area contributed by atoms with Crippen LogP contribution >= 0.6 is 0 Å². The Bertz CT molecular complexity index is 1160. The zero-order valence-electron chi connectivity index (χ0n) is 19.2. The van der Waals surface area contributed by atoms with E-state index in [9.17, 15) is 14.4 Å². The fourth-order valence-electron chi connectivity index (χ4n) is 4.02. The number of amides is 3. The number of carbonyl (C=O) groups is 3. The van der Waals surface area contributed by atoms with Crippen molar-refractivity contribution in [3.63, 3.8) is 0 Å². The second-order valence-corrected chi connectivity index (χ2v) is 8.28. The molecule has 0 radical (unpaired) electrons. The summed E-state index contributed by atoms with van der Waals surface area (Å²) in [6.07, 6.45) is 0.186. The number of hydrogen-bond acceptors (Lipinski definition) is 4. The van der Waals surface area contributed by atoms with Gasteiger partial charge in [0.15, 0.2) is 0 Å². The summed E-state index contributed by atoms with van der Waals surface area (Å²) in [5.41, 5.74) is 2.74. The van der Waals surface area contributed by atoms with E-state index in [0.717, 1.165) is 5.56 Å². The summed E-state index contributed by atoms with van der Waals surface area (Å²) in [7, 11) is 1.58. The van der Waals surface area contributed by atoms with Crippen LogP contribution in [0.1, 0.15) is 35.3 Å². The minimum Gasteiger partial charge on any atom is -0.497 e. The van der Waals surface area contributed by atoms with Crippen LogP contribution in [0.5, 0.6) is 5.75 Å². The maximum absolute atomic E-state index is 12.8. The van der Waals surface area contributed by atoms with Crippen molar-refractivity contribution < 1.29 is 19.1 Å². The lowest BCUT2D eigenvalue weighted by atomic mass is 10.1. The van der Waals surface area contributed by atoms with Gasteiger partial charge in [-0.15, -0.1) is 0 Å². The molecule has 3 aromatic carbocycles. The quantitative estimate of drug-likeness (QED) is 0.547. The van der Waals surface area contributed by atoms with Crippen molar-refractivity contribution in [1.82, 2.24) is 4.90 Å². The number of benzene rings is 3. The molecular weight excluding hydrogens is 430 g/mol. The zero-order chi connectivity index (χ0) is 24.1. The molecule has 1 saturated heterocycles. The van der Waals surface area contributed by atoms with E-state index in [1.807, 2.05) is 37.3 Å². The van der Waals surface area contributed by atoms with Crippen LogP contribution in [0.4, 0.5) is 11.4 Å². The molecule has 2 atom stereocenters. The molecule has 1 heterocycles. The van der Waals surface area contributed by atoms with Crippen LogP contribution in [0.15, 0.2) is 78.9 Å². The molecule has 2 N–H and O–H groups in total. The van der Waals surface area contributed by atoms with Crippen LogP contribution in [0.25, 0.3) is 0 Å². The average molecular weight is 458 g/mol. The number of carbonyl (C=O) groups excluding carboxylic acids is 3. The summed E-state index contributed by atoms with van der Waals surface area (Å²) < 4.78 is 5.12. The molecule has 0 aromatic heterocycles. The topological polar surface area (TPSA) is 87.7 Å². The van der Waals surface area contributed by atoms with E-state index in [1.54, 1.807) is 60.5 Å². The highest BCUT2D eigenvalue weighted by molar-refractivity contribution is 6.05. The number of likely N-dealkylation sites (tertiary alicyclic amines) is 1. The molecule has 1 aliphatic rings. The third kappa shape index (κ3) is 5.26. The number of ether oxygens (including phenoxy) is 1. The van der Waals surface area contributed by atoms with Gasteiger partial charge in [0.1, 0.15) is 5.75 Å². The largest absolute Gasteiger partial charge is 0.497 e. The molecule has 1 aliphatic heterocycles. The van der Waals surface area contributed by atoms with Gasteiger partial charge in [-0.3, -0.25) is 14.4 Å². The number of hydrogen-bond donors (Lipinski definition) is 2. The Morgan fingerprint density at radius 3 is 2.18 bits per heavy atom. The highest BCUT2D eigenvalue weighted by Gasteiger charge is 2.37. The number of rotatable bonds is 7. The smallest absolute Gasteiger partial charge is 0.255 e. The summed E-state index contributed by atoms with van der Waals surface area (Å²) in [6.45, 7) is 2.35. The highest BCUT2D eigenvalue weighted by Crippen LogP contribution is 2.29. The van der Waals surface area contributed by atoms with Gasteiger partial charge < -0.3 is 20.3 Å². The molecule has 3 amide bonds. The second kappa shape index (κ2) is 10.2. The normalized spacial score (nSPS) is 16.1. The Morgan fingerprint density at radius 1 is 0.912 bits per heavy atom. The molecule has 7 heteroatoms. The minimum atomic E-state index is -0.420. The highest BCUT2D eigenvalue weighted by atomic mass is 16.5. The molecule has 3 aromatic rings. The lowest BCUT2D eigenvalue weighted by Gasteiger charge is -2.25. The lowest BCUT2D eigenvalue weighted by Crippen LogP contribution is -2.30. The maximum atomic E-state index is 12.8. The molecular formula is C27H27N3O4. The van der Waals surface area contributed by atoms with E-state index in [-0.39, 0.29) is 30.2 Å². The van der Waals surface area contributed by atoms with E-state index in [4.69, 9.17) is 4.74 Å². The summed E-state index contributed by atoms with van der Waals surface area (Å²) >= 11 is 0. The van der Waals surface area contributed by atoms with Crippen molar-refractivity contribution in [2.24, 2.45) is 5.92 Å². The fourth-order valence-corrected chi connectivity index (χ4v) is 4.02. The molecule has 34 heavy (non-hydrogen) atoms. The molecule has 0 unspecified atom stereocenters. The fraction of sp³-hybridized carbons (Fsp3) is 0.222. The van der Waals surface area contributed by atoms with Gasteiger partial charge in [-0.05, 0) is 61.0 Å². The first kappa shape index (κ1) is 23.0. The standard InChI is InChI=1S/C27H27N3O4/c1-18(19-6-4-3-5-7-19)30-17-21(16-25(30)31)27(33)29-22-10-8-20(9-11-22)26(32)28-23-12-14-24(34-2)15-13-23/h3-15,18,21H,16-17H2,1-2H3,(H,28,32)(H,29,33)/t18-,21-/m1/s1. The van der Waals surface area contributed by atoms with Gasteiger partial charge >= 0.3 is 0 Å². The van der Waals surface area contributed by atoms with E-state index in [0.29, 0.717) is 29.2 Å². The average Bonchev–Trinajstić information content (AvgIpc) is 3.26. The van der Waals surface area contributed by atoms with E-state index in [1.165, 1.54) is 0 Å². The van der Waals surface area contributed by atoms with Crippen LogP contribution in [0, 0.1) is 5.92 Å². The molecule has 7 nitrogen and oxygen atoms in total. The van der Waals surface area contributed by atoms with Gasteiger partial charge in [-0.25, -0.2) is 0 Å². The van der Waals surface area contributed by atoms with Gasteiger partial charge in [0, 0.05) is 29.9 Å². The predicted molar refractivity (Wildman–Crippen MR) is 131 cm³/mol. The summed E-state index contributed by atoms with van der Waals surface area (Å²) in [5, 5.41) is 5.69. The van der Waals surface area contributed by atoms with Gasteiger partial charge in [0.25, 0.3) is 5.91 Å². The maximum Gasteiger partial charge on any atom is 0.255 e. The predicted octanol–water partition coefficient (Wildman–Crippen LogP) is 4.50. The summed E-state index contributed by atoms with van der Waals surface area (Å²) in [6, 6.07) is 23.4. The van der Waals surface area contributed by atoms with Gasteiger partial charge in [-0.1, -0.05) is 30.3 Å². The number of methoxy groups -OCH3 is 1. The Kier molecular flexibility index (Phi) is 6.92. The van der Waals surface area contributed by atoms with Crippen molar-refractivity contribution in [2.45, 2.75) is 19.4 Å². The third-order valence-corrected chi connectivity index (χ3v) is 6.04. The molecule has 0 aliphatic carbocycles. The summed E-state index contributed by atoms with van der Waals surface area (Å²) in [4.78, 5) is 39.6. The van der Waals surface area contributed by atoms with Crippen molar-refractivity contribution in [2.75, 3.05) is 24.3 Å². The van der Waals surface area contributed by atoms with Crippen molar-refractivity contribution >= 4 is 29.1 Å². The Balaban J connectivity index is 1.33. The molecule has 4 rings (SSSR count). The molecule has 0 bridgehead atoms. The van der Waals surface area contributed by atoms with Crippen LogP contribution < -0.4 is 15.4 Å². The van der Waals surface area contributed by atoms with Gasteiger partial charge in [-0.2, -0.15) is 0 Å². The van der Waals surface area contributed by atoms with Crippen LogP contribution in [0.2, 0.25) is 0 Å². The first-order chi connectivity index (χ1) is 16.4. The first-order valence-corrected chi connectivity index (χ1v) is 11.2. The lowest BCUT2D eigenvalue weighted by molar-refractivity contribution is -0.129. The van der Waals surface area contributed by atoms with Crippen LogP contribution in [-0.2, 0) is 9.59 Å². The molecule has 174 valence electrons. The zero-order valence-corrected chi connectivity index (χ0v) is 19.2. The van der Waals surface area contributed by atoms with E-state index >= 15 is 0 Å². The monoisotopic (exact) mass is 457 g/mol. The minimum absolute atomic E-state index is 0.0259. The Labute approximate surface area is 198 Å². The third-order valence-electron chi connectivity index (χ3n) is 6.04. The van der Waals surface area contributed by atoms with Crippen LogP contribution in [0.3, 0.4) is 0 Å². The Hall–Kier alpha value is -4.13. The number of anilines is 2. The number of nitrogens with zero attached hydrogens (tertiary/aromatic N) is 1. The first-order valence-electron chi connectivity index (χ1n) is 11.2. The van der Waals surface area contributed by atoms with Crippen molar-refractivity contribution in [1.29, 1.82) is 0 Å². The number of nitrogens with one attached hydrogen (secondary N) is 2.